The van der Waals surface area contributed by atoms with E-state index in [1.54, 1.807) is 0 Å². The van der Waals surface area contributed by atoms with E-state index in [2.05, 4.69) is 4.74 Å². The number of halogens is 4. The van der Waals surface area contributed by atoms with Gasteiger partial charge in [0.25, 0.3) is 0 Å². The number of esters is 1. The average Bonchev–Trinajstić information content (AvgIpc) is 2.30. The van der Waals surface area contributed by atoms with Gasteiger partial charge in [-0.15, -0.1) is 0 Å². The summed E-state index contributed by atoms with van der Waals surface area (Å²) >= 11 is 5.44. The van der Waals surface area contributed by atoms with Gasteiger partial charge in [-0.25, -0.2) is 4.79 Å². The molecule has 0 heterocycles. The summed E-state index contributed by atoms with van der Waals surface area (Å²) in [6.07, 6.45) is -6.76. The van der Waals surface area contributed by atoms with Gasteiger partial charge in [-0.1, -0.05) is 11.6 Å². The molecule has 8 heteroatoms. The number of phenolic OH excluding ortho intramolecular Hbond substituents is 1. The largest absolute Gasteiger partial charge is 0.506 e. The number of phenols is 1. The lowest BCUT2D eigenvalue weighted by Crippen LogP contribution is -2.16. The molecule has 2 N–H and O–H groups in total. The minimum Gasteiger partial charge on any atom is -0.506 e. The molecule has 106 valence electrons. The highest BCUT2D eigenvalue weighted by Crippen LogP contribution is 2.39. The molecule has 0 saturated heterocycles. The van der Waals surface area contributed by atoms with Crippen LogP contribution < -0.4 is 0 Å². The van der Waals surface area contributed by atoms with Gasteiger partial charge >= 0.3 is 12.1 Å². The lowest BCUT2D eigenvalue weighted by Gasteiger charge is -2.15. The summed E-state index contributed by atoms with van der Waals surface area (Å²) in [7, 11) is 0. The Morgan fingerprint density at radius 3 is 2.53 bits per heavy atom. The number of benzene rings is 1. The van der Waals surface area contributed by atoms with Crippen molar-refractivity contribution in [1.82, 2.24) is 0 Å². The van der Waals surface area contributed by atoms with Crippen LogP contribution in [0.3, 0.4) is 0 Å². The van der Waals surface area contributed by atoms with Crippen molar-refractivity contribution in [2.75, 3.05) is 6.61 Å². The third kappa shape index (κ3) is 3.51. The topological polar surface area (TPSA) is 66.8 Å². The Labute approximate surface area is 111 Å². The molecule has 0 aliphatic carbocycles. The van der Waals surface area contributed by atoms with Gasteiger partial charge in [0.15, 0.2) is 6.10 Å². The SMILES string of the molecule is CCOC(=O)C(O)c1cc(C(F)(F)F)cc(Cl)c1O. The van der Waals surface area contributed by atoms with Gasteiger partial charge < -0.3 is 14.9 Å². The average molecular weight is 299 g/mol. The maximum atomic E-state index is 12.6. The highest BCUT2D eigenvalue weighted by molar-refractivity contribution is 6.32. The summed E-state index contributed by atoms with van der Waals surface area (Å²) in [5.74, 6) is -1.97. The van der Waals surface area contributed by atoms with Crippen molar-refractivity contribution in [3.63, 3.8) is 0 Å². The van der Waals surface area contributed by atoms with E-state index in [9.17, 15) is 28.2 Å². The van der Waals surface area contributed by atoms with Gasteiger partial charge in [0.1, 0.15) is 5.75 Å². The molecule has 0 saturated carbocycles. The normalized spacial score (nSPS) is 13.2. The van der Waals surface area contributed by atoms with Gasteiger partial charge in [0, 0.05) is 5.56 Å². The first-order chi connectivity index (χ1) is 8.68. The number of aliphatic hydroxyl groups is 1. The van der Waals surface area contributed by atoms with Crippen molar-refractivity contribution in [1.29, 1.82) is 0 Å². The molecule has 0 amide bonds. The number of aliphatic hydroxyl groups excluding tert-OH is 1. The molecule has 0 bridgehead atoms. The molecule has 0 aliphatic rings. The predicted octanol–water partition coefficient (Wildman–Crippen LogP) is 2.66. The number of hydrogen-bond donors (Lipinski definition) is 2. The summed E-state index contributed by atoms with van der Waals surface area (Å²) in [4.78, 5) is 11.3. The highest BCUT2D eigenvalue weighted by atomic mass is 35.5. The van der Waals surface area contributed by atoms with Gasteiger partial charge in [-0.2, -0.15) is 13.2 Å². The minimum absolute atomic E-state index is 0.0661. The molecule has 4 nitrogen and oxygen atoms in total. The van der Waals surface area contributed by atoms with Crippen LogP contribution in [0.15, 0.2) is 12.1 Å². The molecule has 1 atom stereocenters. The summed E-state index contributed by atoms with van der Waals surface area (Å²) < 4.78 is 42.1. The van der Waals surface area contributed by atoms with E-state index < -0.39 is 40.1 Å². The molecule has 1 unspecified atom stereocenters. The van der Waals surface area contributed by atoms with Gasteiger partial charge in [-0.3, -0.25) is 0 Å². The Morgan fingerprint density at radius 1 is 1.47 bits per heavy atom. The Kier molecular flexibility index (Phi) is 4.65. The first-order valence-corrected chi connectivity index (χ1v) is 5.50. The van der Waals surface area contributed by atoms with E-state index in [4.69, 9.17) is 11.6 Å². The summed E-state index contributed by atoms with van der Waals surface area (Å²) in [6, 6.07) is 0.945. The molecule has 0 radical (unpaired) electrons. The fourth-order valence-corrected chi connectivity index (χ4v) is 1.57. The molecule has 1 aromatic carbocycles. The highest BCUT2D eigenvalue weighted by Gasteiger charge is 2.34. The number of carbonyl (C=O) groups excluding carboxylic acids is 1. The van der Waals surface area contributed by atoms with E-state index >= 15 is 0 Å². The van der Waals surface area contributed by atoms with E-state index in [0.29, 0.717) is 12.1 Å². The van der Waals surface area contributed by atoms with Crippen molar-refractivity contribution >= 4 is 17.6 Å². The van der Waals surface area contributed by atoms with Crippen LogP contribution in [0.2, 0.25) is 5.02 Å². The van der Waals surface area contributed by atoms with E-state index in [1.165, 1.54) is 6.92 Å². The van der Waals surface area contributed by atoms with Gasteiger partial charge in [0.05, 0.1) is 17.2 Å². The zero-order chi connectivity index (χ0) is 14.8. The van der Waals surface area contributed by atoms with Crippen LogP contribution in [0, 0.1) is 0 Å². The maximum Gasteiger partial charge on any atom is 0.416 e. The summed E-state index contributed by atoms with van der Waals surface area (Å²) in [5.41, 5.74) is -1.84. The molecular formula is C11H10ClF3O4. The molecule has 0 fully saturated rings. The predicted molar refractivity (Wildman–Crippen MR) is 59.7 cm³/mol. The Hall–Kier alpha value is -1.47. The third-order valence-electron chi connectivity index (χ3n) is 2.22. The second kappa shape index (κ2) is 5.66. The smallest absolute Gasteiger partial charge is 0.416 e. The van der Waals surface area contributed by atoms with Crippen LogP contribution in [-0.2, 0) is 15.7 Å². The fraction of sp³-hybridized carbons (Fsp3) is 0.364. The van der Waals surface area contributed by atoms with Crippen molar-refractivity contribution in [2.45, 2.75) is 19.2 Å². The molecule has 0 aliphatic heterocycles. The standard InChI is InChI=1S/C11H10ClF3O4/c1-2-19-10(18)9(17)6-3-5(11(13,14)15)4-7(12)8(6)16/h3-4,9,16-17H,2H2,1H3. The third-order valence-corrected chi connectivity index (χ3v) is 2.51. The number of carbonyl (C=O) groups is 1. The van der Waals surface area contributed by atoms with Crippen molar-refractivity contribution in [2.24, 2.45) is 0 Å². The second-order valence-corrected chi connectivity index (χ2v) is 3.96. The molecule has 1 aromatic rings. The molecule has 0 spiro atoms. The number of ether oxygens (including phenoxy) is 1. The molecule has 0 aromatic heterocycles. The first-order valence-electron chi connectivity index (χ1n) is 5.12. The van der Waals surface area contributed by atoms with Gasteiger partial charge in [0.2, 0.25) is 0 Å². The van der Waals surface area contributed by atoms with Crippen molar-refractivity contribution < 1.29 is 32.9 Å². The van der Waals surface area contributed by atoms with Crippen LogP contribution in [-0.4, -0.2) is 22.8 Å². The second-order valence-electron chi connectivity index (χ2n) is 3.55. The zero-order valence-electron chi connectivity index (χ0n) is 9.66. The van der Waals surface area contributed by atoms with E-state index in [-0.39, 0.29) is 6.61 Å². The van der Waals surface area contributed by atoms with Crippen LogP contribution in [0.1, 0.15) is 24.2 Å². The quantitative estimate of drug-likeness (QED) is 0.842. The lowest BCUT2D eigenvalue weighted by atomic mass is 10.0. The Morgan fingerprint density at radius 2 is 2.05 bits per heavy atom. The Bertz CT molecular complexity index is 488. The molecule has 1 rings (SSSR count). The maximum absolute atomic E-state index is 12.6. The summed E-state index contributed by atoms with van der Waals surface area (Å²) in [6.45, 7) is 1.40. The van der Waals surface area contributed by atoms with E-state index in [1.807, 2.05) is 0 Å². The minimum atomic E-state index is -4.72. The summed E-state index contributed by atoms with van der Waals surface area (Å²) in [5, 5.41) is 18.4. The number of aromatic hydroxyl groups is 1. The van der Waals surface area contributed by atoms with Crippen molar-refractivity contribution in [3.05, 3.63) is 28.3 Å². The number of hydrogen-bond acceptors (Lipinski definition) is 4. The monoisotopic (exact) mass is 298 g/mol. The van der Waals surface area contributed by atoms with Gasteiger partial charge in [-0.05, 0) is 19.1 Å². The number of alkyl halides is 3. The van der Waals surface area contributed by atoms with Crippen LogP contribution in [0.25, 0.3) is 0 Å². The zero-order valence-corrected chi connectivity index (χ0v) is 10.4. The first kappa shape index (κ1) is 15.6. The van der Waals surface area contributed by atoms with Crippen molar-refractivity contribution in [3.8, 4) is 5.75 Å². The fourth-order valence-electron chi connectivity index (χ4n) is 1.34. The Balaban J connectivity index is 3.27. The van der Waals surface area contributed by atoms with E-state index in [0.717, 1.165) is 0 Å². The molecular weight excluding hydrogens is 289 g/mol. The van der Waals surface area contributed by atoms with Crippen LogP contribution in [0.4, 0.5) is 13.2 Å². The lowest BCUT2D eigenvalue weighted by molar-refractivity contribution is -0.153. The molecule has 19 heavy (non-hydrogen) atoms. The van der Waals surface area contributed by atoms with Crippen LogP contribution >= 0.6 is 11.6 Å². The van der Waals surface area contributed by atoms with Crippen LogP contribution in [0.5, 0.6) is 5.75 Å². The number of rotatable bonds is 3.